The highest BCUT2D eigenvalue weighted by Gasteiger charge is 2.29. The van der Waals surface area contributed by atoms with E-state index in [2.05, 4.69) is 15.5 Å². The topological polar surface area (TPSA) is 61.4 Å². The predicted molar refractivity (Wildman–Crippen MR) is 91.7 cm³/mol. The van der Waals surface area contributed by atoms with Crippen LogP contribution in [0.1, 0.15) is 24.8 Å². The first-order valence-corrected chi connectivity index (χ1v) is 8.03. The summed E-state index contributed by atoms with van der Waals surface area (Å²) >= 11 is 0. The average molecular weight is 315 g/mol. The summed E-state index contributed by atoms with van der Waals surface area (Å²) in [7, 11) is 4.07. The molecule has 5 heteroatoms. The molecule has 124 valence electrons. The second-order valence-corrected chi connectivity index (χ2v) is 6.10. The fourth-order valence-electron chi connectivity index (χ4n) is 2.95. The van der Waals surface area contributed by atoms with Gasteiger partial charge in [0.15, 0.2) is 0 Å². The van der Waals surface area contributed by atoms with Gasteiger partial charge in [0.2, 0.25) is 11.8 Å². The first-order valence-electron chi connectivity index (χ1n) is 8.03. The van der Waals surface area contributed by atoms with Crippen LogP contribution < -0.4 is 10.6 Å². The van der Waals surface area contributed by atoms with Crippen molar-refractivity contribution in [2.45, 2.75) is 31.3 Å². The van der Waals surface area contributed by atoms with Gasteiger partial charge in [0.05, 0.1) is 6.54 Å². The number of benzene rings is 1. The van der Waals surface area contributed by atoms with Crippen molar-refractivity contribution >= 4 is 17.9 Å². The number of amides is 2. The summed E-state index contributed by atoms with van der Waals surface area (Å²) in [6, 6.07) is 10.1. The predicted octanol–water partition coefficient (Wildman–Crippen LogP) is 1.41. The maximum absolute atomic E-state index is 12.0. The Bertz CT molecular complexity index is 555. The third-order valence-corrected chi connectivity index (χ3v) is 4.14. The molecule has 2 unspecified atom stereocenters. The molecule has 2 N–H and O–H groups in total. The number of carbonyl (C=O) groups excluding carboxylic acids is 2. The molecule has 0 heterocycles. The number of hydrogen-bond donors (Lipinski definition) is 2. The van der Waals surface area contributed by atoms with Crippen molar-refractivity contribution < 1.29 is 9.59 Å². The molecule has 1 aliphatic carbocycles. The lowest BCUT2D eigenvalue weighted by Gasteiger charge is -2.26. The lowest BCUT2D eigenvalue weighted by Crippen LogP contribution is -2.48. The van der Waals surface area contributed by atoms with Crippen molar-refractivity contribution in [3.63, 3.8) is 0 Å². The van der Waals surface area contributed by atoms with Crippen LogP contribution in [0.5, 0.6) is 0 Å². The summed E-state index contributed by atoms with van der Waals surface area (Å²) in [4.78, 5) is 25.9. The number of likely N-dealkylation sites (N-methyl/N-ethyl adjacent to an activating group) is 1. The van der Waals surface area contributed by atoms with Crippen LogP contribution in [0.25, 0.3) is 6.08 Å². The molecule has 1 aliphatic rings. The van der Waals surface area contributed by atoms with Crippen molar-refractivity contribution in [1.82, 2.24) is 15.5 Å². The van der Waals surface area contributed by atoms with Crippen LogP contribution in [0.15, 0.2) is 36.4 Å². The number of carbonyl (C=O) groups is 2. The van der Waals surface area contributed by atoms with E-state index in [1.165, 1.54) is 6.08 Å². The van der Waals surface area contributed by atoms with E-state index >= 15 is 0 Å². The van der Waals surface area contributed by atoms with Gasteiger partial charge in [-0.25, -0.2) is 0 Å². The Labute approximate surface area is 137 Å². The molecule has 1 fully saturated rings. The van der Waals surface area contributed by atoms with E-state index in [0.717, 1.165) is 24.8 Å². The fourth-order valence-corrected chi connectivity index (χ4v) is 2.95. The van der Waals surface area contributed by atoms with E-state index in [1.54, 1.807) is 6.08 Å². The first kappa shape index (κ1) is 17.2. The smallest absolute Gasteiger partial charge is 0.244 e. The lowest BCUT2D eigenvalue weighted by atomic mass is 10.1. The molecule has 1 aromatic carbocycles. The van der Waals surface area contributed by atoms with Crippen LogP contribution in [0.3, 0.4) is 0 Å². The average Bonchev–Trinajstić information content (AvgIpc) is 3.00. The van der Waals surface area contributed by atoms with Crippen LogP contribution in [0.4, 0.5) is 0 Å². The Hall–Kier alpha value is -2.14. The van der Waals surface area contributed by atoms with Crippen molar-refractivity contribution in [2.75, 3.05) is 20.6 Å². The van der Waals surface area contributed by atoms with Gasteiger partial charge in [0.25, 0.3) is 0 Å². The Morgan fingerprint density at radius 3 is 2.65 bits per heavy atom. The molecule has 0 aromatic heterocycles. The molecule has 1 aromatic rings. The largest absolute Gasteiger partial charge is 0.350 e. The second-order valence-electron chi connectivity index (χ2n) is 6.10. The molecule has 2 amide bonds. The van der Waals surface area contributed by atoms with E-state index < -0.39 is 0 Å². The van der Waals surface area contributed by atoms with Gasteiger partial charge in [-0.3, -0.25) is 9.59 Å². The Morgan fingerprint density at radius 2 is 1.96 bits per heavy atom. The van der Waals surface area contributed by atoms with Crippen molar-refractivity contribution in [2.24, 2.45) is 0 Å². The minimum absolute atomic E-state index is 0.00854. The van der Waals surface area contributed by atoms with E-state index in [9.17, 15) is 9.59 Å². The molecule has 0 radical (unpaired) electrons. The molecule has 0 aliphatic heterocycles. The number of nitrogens with one attached hydrogen (secondary N) is 2. The molecular formula is C18H25N3O2. The van der Waals surface area contributed by atoms with E-state index in [1.807, 2.05) is 44.4 Å². The minimum atomic E-state index is -0.264. The van der Waals surface area contributed by atoms with E-state index in [4.69, 9.17) is 0 Å². The van der Waals surface area contributed by atoms with Crippen LogP contribution in [-0.4, -0.2) is 49.4 Å². The lowest BCUT2D eigenvalue weighted by molar-refractivity contribution is -0.124. The third kappa shape index (κ3) is 5.53. The van der Waals surface area contributed by atoms with Gasteiger partial charge in [0, 0.05) is 18.2 Å². The van der Waals surface area contributed by atoms with Crippen molar-refractivity contribution in [3.8, 4) is 0 Å². The number of rotatable bonds is 6. The molecule has 2 rings (SSSR count). The van der Waals surface area contributed by atoms with Gasteiger partial charge in [-0.1, -0.05) is 30.3 Å². The quantitative estimate of drug-likeness (QED) is 0.781. The molecular weight excluding hydrogens is 290 g/mol. The Balaban J connectivity index is 1.74. The highest BCUT2D eigenvalue weighted by molar-refractivity contribution is 5.94. The number of hydrogen-bond acceptors (Lipinski definition) is 3. The highest BCUT2D eigenvalue weighted by atomic mass is 16.2. The maximum Gasteiger partial charge on any atom is 0.244 e. The summed E-state index contributed by atoms with van der Waals surface area (Å²) in [5.74, 6) is -0.398. The van der Waals surface area contributed by atoms with E-state index in [0.29, 0.717) is 6.04 Å². The van der Waals surface area contributed by atoms with Gasteiger partial charge < -0.3 is 15.5 Å². The first-order chi connectivity index (χ1) is 11.1. The Kier molecular flexibility index (Phi) is 6.35. The van der Waals surface area contributed by atoms with Crippen LogP contribution >= 0.6 is 0 Å². The fraction of sp³-hybridized carbons (Fsp3) is 0.444. The van der Waals surface area contributed by atoms with Crippen molar-refractivity contribution in [1.29, 1.82) is 0 Å². The molecule has 2 atom stereocenters. The van der Waals surface area contributed by atoms with Gasteiger partial charge >= 0.3 is 0 Å². The normalized spacial score (nSPS) is 20.8. The van der Waals surface area contributed by atoms with Gasteiger partial charge in [-0.2, -0.15) is 0 Å². The highest BCUT2D eigenvalue weighted by Crippen LogP contribution is 2.22. The molecule has 0 spiro atoms. The zero-order valence-electron chi connectivity index (χ0n) is 13.8. The molecule has 0 bridgehead atoms. The third-order valence-electron chi connectivity index (χ3n) is 4.14. The summed E-state index contributed by atoms with van der Waals surface area (Å²) in [5.41, 5.74) is 0.951. The second kappa shape index (κ2) is 8.48. The number of nitrogens with zero attached hydrogens (tertiary/aromatic N) is 1. The summed E-state index contributed by atoms with van der Waals surface area (Å²) < 4.78 is 0. The van der Waals surface area contributed by atoms with Gasteiger partial charge in [-0.05, 0) is 45.0 Å². The standard InChI is InChI=1S/C18H25N3O2/c1-21(2)16-10-6-9-15(16)20-18(23)13-19-17(22)12-11-14-7-4-3-5-8-14/h3-5,7-8,11-12,15-16H,6,9-10,13H2,1-2H3,(H,19,22)(H,20,23). The van der Waals surface area contributed by atoms with E-state index in [-0.39, 0.29) is 24.4 Å². The van der Waals surface area contributed by atoms with Gasteiger partial charge in [-0.15, -0.1) is 0 Å². The minimum Gasteiger partial charge on any atom is -0.350 e. The maximum atomic E-state index is 12.0. The molecule has 23 heavy (non-hydrogen) atoms. The van der Waals surface area contributed by atoms with Crippen LogP contribution in [0.2, 0.25) is 0 Å². The molecule has 5 nitrogen and oxygen atoms in total. The monoisotopic (exact) mass is 315 g/mol. The molecule has 1 saturated carbocycles. The van der Waals surface area contributed by atoms with Gasteiger partial charge in [0.1, 0.15) is 0 Å². The zero-order chi connectivity index (χ0) is 16.7. The zero-order valence-corrected chi connectivity index (χ0v) is 13.8. The van der Waals surface area contributed by atoms with Crippen LogP contribution in [0, 0.1) is 0 Å². The summed E-state index contributed by atoms with van der Waals surface area (Å²) in [6.07, 6.45) is 6.40. The van der Waals surface area contributed by atoms with Crippen LogP contribution in [-0.2, 0) is 9.59 Å². The summed E-state index contributed by atoms with van der Waals surface area (Å²) in [5, 5.41) is 5.64. The van der Waals surface area contributed by atoms with Crippen molar-refractivity contribution in [3.05, 3.63) is 42.0 Å². The Morgan fingerprint density at radius 1 is 1.22 bits per heavy atom. The summed E-state index contributed by atoms with van der Waals surface area (Å²) in [6.45, 7) is 0.00854. The SMILES string of the molecule is CN(C)C1CCCC1NC(=O)CNC(=O)C=Cc1ccccc1. The molecule has 0 saturated heterocycles.